The summed E-state index contributed by atoms with van der Waals surface area (Å²) < 4.78 is 9.36. The van der Waals surface area contributed by atoms with Crippen LogP contribution in [0.4, 0.5) is 0 Å². The average molecular weight is 250 g/mol. The van der Waals surface area contributed by atoms with Crippen LogP contribution in [-0.4, -0.2) is 31.8 Å². The third-order valence-corrected chi connectivity index (χ3v) is 2.39. The highest BCUT2D eigenvalue weighted by Crippen LogP contribution is 2.20. The molecule has 1 rings (SSSR count). The van der Waals surface area contributed by atoms with Gasteiger partial charge in [-0.1, -0.05) is 11.6 Å². The fourth-order valence-corrected chi connectivity index (χ4v) is 1.43. The van der Waals surface area contributed by atoms with Gasteiger partial charge in [-0.2, -0.15) is 0 Å². The van der Waals surface area contributed by atoms with Crippen LogP contribution in [-0.2, 0) is 14.3 Å². The molecule has 0 aliphatic carbocycles. The van der Waals surface area contributed by atoms with Crippen LogP contribution >= 0.6 is 0 Å². The summed E-state index contributed by atoms with van der Waals surface area (Å²) in [5.74, 6) is -1.99. The van der Waals surface area contributed by atoms with Crippen molar-refractivity contribution in [2.75, 3.05) is 14.2 Å². The lowest BCUT2D eigenvalue weighted by molar-refractivity contribution is -0.142. The molecule has 5 heteroatoms. The first-order valence-corrected chi connectivity index (χ1v) is 5.28. The number of methoxy groups -OCH3 is 2. The second kappa shape index (κ2) is 5.95. The van der Waals surface area contributed by atoms with E-state index in [1.807, 2.05) is 0 Å². The first-order valence-electron chi connectivity index (χ1n) is 5.28. The van der Waals surface area contributed by atoms with Crippen LogP contribution in [0.2, 0.25) is 0 Å². The Hall–Kier alpha value is -2.17. The number of ketones is 2. The maximum Gasteiger partial charge on any atom is 0.313 e. The largest absolute Gasteiger partial charge is 0.496 e. The third-order valence-electron chi connectivity index (χ3n) is 2.39. The van der Waals surface area contributed by atoms with Crippen molar-refractivity contribution in [3.8, 4) is 5.75 Å². The number of ether oxygens (including phenoxy) is 2. The number of aryl methyl sites for hydroxylation is 1. The lowest BCUT2D eigenvalue weighted by Gasteiger charge is -2.07. The minimum Gasteiger partial charge on any atom is -0.496 e. The Kier molecular flexibility index (Phi) is 4.59. The van der Waals surface area contributed by atoms with Gasteiger partial charge in [0.05, 0.1) is 19.8 Å². The van der Waals surface area contributed by atoms with Gasteiger partial charge in [0.1, 0.15) is 12.2 Å². The first kappa shape index (κ1) is 13.9. The van der Waals surface area contributed by atoms with Crippen LogP contribution < -0.4 is 4.74 Å². The molecule has 0 spiro atoms. The molecule has 5 nitrogen and oxygen atoms in total. The smallest absolute Gasteiger partial charge is 0.313 e. The number of hydrogen-bond donors (Lipinski definition) is 0. The van der Waals surface area contributed by atoms with E-state index in [4.69, 9.17) is 4.74 Å². The fraction of sp³-hybridized carbons (Fsp3) is 0.308. The molecule has 0 amide bonds. The van der Waals surface area contributed by atoms with E-state index in [2.05, 4.69) is 4.74 Å². The van der Waals surface area contributed by atoms with Gasteiger partial charge >= 0.3 is 5.97 Å². The lowest BCUT2D eigenvalue weighted by atomic mass is 10.0. The lowest BCUT2D eigenvalue weighted by Crippen LogP contribution is -2.19. The van der Waals surface area contributed by atoms with Crippen LogP contribution in [0.5, 0.6) is 5.75 Å². The van der Waals surface area contributed by atoms with E-state index in [-0.39, 0.29) is 5.56 Å². The Morgan fingerprint density at radius 2 is 1.83 bits per heavy atom. The van der Waals surface area contributed by atoms with Crippen LogP contribution in [0.1, 0.15) is 22.3 Å². The normalized spacial score (nSPS) is 9.72. The van der Waals surface area contributed by atoms with Crippen molar-refractivity contribution in [3.05, 3.63) is 29.3 Å². The Labute approximate surface area is 105 Å². The molecule has 0 fully saturated rings. The summed E-state index contributed by atoms with van der Waals surface area (Å²) in [5, 5.41) is 0. The standard InChI is InChI=1S/C13H14O5/c1-8-4-5-11(17-2)9(6-8)13(16)10(14)7-12(15)18-3/h4-6H,7H2,1-3H3. The third kappa shape index (κ3) is 3.16. The van der Waals surface area contributed by atoms with Crippen molar-refractivity contribution in [2.24, 2.45) is 0 Å². The minimum absolute atomic E-state index is 0.159. The number of carbonyl (C=O) groups excluding carboxylic acids is 3. The van der Waals surface area contributed by atoms with Crippen LogP contribution in [0.25, 0.3) is 0 Å². The second-order valence-corrected chi connectivity index (χ2v) is 3.71. The summed E-state index contributed by atoms with van der Waals surface area (Å²) in [4.78, 5) is 34.4. The zero-order valence-corrected chi connectivity index (χ0v) is 10.5. The van der Waals surface area contributed by atoms with Gasteiger partial charge in [-0.05, 0) is 19.1 Å². The number of hydrogen-bond acceptors (Lipinski definition) is 5. The number of rotatable bonds is 5. The number of benzene rings is 1. The molecule has 0 atom stereocenters. The molecular weight excluding hydrogens is 236 g/mol. The maximum atomic E-state index is 11.9. The number of esters is 1. The van der Waals surface area contributed by atoms with Gasteiger partial charge in [0, 0.05) is 0 Å². The molecule has 0 unspecified atom stereocenters. The summed E-state index contributed by atoms with van der Waals surface area (Å²) >= 11 is 0. The van der Waals surface area contributed by atoms with Crippen LogP contribution in [0.3, 0.4) is 0 Å². The van der Waals surface area contributed by atoms with Gasteiger partial charge in [-0.3, -0.25) is 14.4 Å². The molecular formula is C13H14O5. The molecule has 96 valence electrons. The highest BCUT2D eigenvalue weighted by atomic mass is 16.5. The zero-order chi connectivity index (χ0) is 13.7. The van der Waals surface area contributed by atoms with Crippen LogP contribution in [0, 0.1) is 6.92 Å². The van der Waals surface area contributed by atoms with E-state index in [0.717, 1.165) is 12.7 Å². The maximum absolute atomic E-state index is 11.9. The average Bonchev–Trinajstić information content (AvgIpc) is 2.37. The first-order chi connectivity index (χ1) is 8.49. The predicted molar refractivity (Wildman–Crippen MR) is 63.7 cm³/mol. The van der Waals surface area contributed by atoms with Crippen molar-refractivity contribution in [3.63, 3.8) is 0 Å². The van der Waals surface area contributed by atoms with Gasteiger partial charge in [-0.15, -0.1) is 0 Å². The van der Waals surface area contributed by atoms with Crippen molar-refractivity contribution >= 4 is 17.5 Å². The fourth-order valence-electron chi connectivity index (χ4n) is 1.43. The topological polar surface area (TPSA) is 69.7 Å². The van der Waals surface area contributed by atoms with Gasteiger partial charge in [0.15, 0.2) is 0 Å². The molecule has 0 aromatic heterocycles. The van der Waals surface area contributed by atoms with Crippen molar-refractivity contribution < 1.29 is 23.9 Å². The molecule has 0 N–H and O–H groups in total. The number of carbonyl (C=O) groups is 3. The minimum atomic E-state index is -0.814. The summed E-state index contributed by atoms with van der Waals surface area (Å²) in [6, 6.07) is 4.92. The molecule has 1 aromatic rings. The van der Waals surface area contributed by atoms with E-state index in [1.165, 1.54) is 7.11 Å². The quantitative estimate of drug-likeness (QED) is 0.341. The van der Waals surface area contributed by atoms with E-state index < -0.39 is 24.0 Å². The highest BCUT2D eigenvalue weighted by Gasteiger charge is 2.23. The van der Waals surface area contributed by atoms with Crippen molar-refractivity contribution in [2.45, 2.75) is 13.3 Å². The summed E-state index contributed by atoms with van der Waals surface area (Å²) in [5.41, 5.74) is 0.983. The highest BCUT2D eigenvalue weighted by molar-refractivity contribution is 6.46. The van der Waals surface area contributed by atoms with Gasteiger partial charge < -0.3 is 9.47 Å². The summed E-state index contributed by atoms with van der Waals surface area (Å²) in [6.07, 6.45) is -0.563. The molecule has 18 heavy (non-hydrogen) atoms. The molecule has 0 saturated carbocycles. The summed E-state index contributed by atoms with van der Waals surface area (Å²) in [7, 11) is 2.57. The molecule has 0 heterocycles. The van der Waals surface area contributed by atoms with Crippen molar-refractivity contribution in [1.29, 1.82) is 0 Å². The molecule has 0 radical (unpaired) electrons. The molecule has 0 aliphatic rings. The SMILES string of the molecule is COC(=O)CC(=O)C(=O)c1cc(C)ccc1OC. The van der Waals surface area contributed by atoms with Gasteiger partial charge in [0.25, 0.3) is 0 Å². The molecule has 1 aromatic carbocycles. The Balaban J connectivity index is 2.99. The zero-order valence-electron chi connectivity index (χ0n) is 10.5. The molecule has 0 bridgehead atoms. The van der Waals surface area contributed by atoms with Crippen LogP contribution in [0.15, 0.2) is 18.2 Å². The molecule has 0 saturated heterocycles. The second-order valence-electron chi connectivity index (χ2n) is 3.71. The predicted octanol–water partition coefficient (Wildman–Crippen LogP) is 1.32. The number of Topliss-reactive ketones (excluding diaryl/α,β-unsaturated/α-hetero) is 2. The van der Waals surface area contributed by atoms with Gasteiger partial charge in [0.2, 0.25) is 11.6 Å². The monoisotopic (exact) mass is 250 g/mol. The van der Waals surface area contributed by atoms with E-state index >= 15 is 0 Å². The molecule has 0 aliphatic heterocycles. The van der Waals surface area contributed by atoms with E-state index in [1.54, 1.807) is 25.1 Å². The van der Waals surface area contributed by atoms with E-state index in [9.17, 15) is 14.4 Å². The van der Waals surface area contributed by atoms with Gasteiger partial charge in [-0.25, -0.2) is 0 Å². The Bertz CT molecular complexity index is 490. The van der Waals surface area contributed by atoms with Crippen molar-refractivity contribution in [1.82, 2.24) is 0 Å². The Morgan fingerprint density at radius 1 is 1.17 bits per heavy atom. The van der Waals surface area contributed by atoms with E-state index in [0.29, 0.717) is 5.75 Å². The summed E-state index contributed by atoms with van der Waals surface area (Å²) in [6.45, 7) is 1.79. The Morgan fingerprint density at radius 3 is 2.39 bits per heavy atom.